The highest BCUT2D eigenvalue weighted by Crippen LogP contribution is 2.44. The van der Waals surface area contributed by atoms with Crippen LogP contribution in [0.15, 0.2) is 91.0 Å². The normalized spacial score (nSPS) is 20.0. The fraction of sp³-hybridized carbons (Fsp3) is 0.259. The fourth-order valence-corrected chi connectivity index (χ4v) is 4.38. The van der Waals surface area contributed by atoms with E-state index in [2.05, 4.69) is 24.3 Å². The molecule has 3 aromatic rings. The summed E-state index contributed by atoms with van der Waals surface area (Å²) in [5.74, 6) is -0.391. The largest absolute Gasteiger partial charge is 0.460 e. The zero-order valence-electron chi connectivity index (χ0n) is 17.6. The van der Waals surface area contributed by atoms with E-state index in [1.54, 1.807) is 12.1 Å². The summed E-state index contributed by atoms with van der Waals surface area (Å²) in [6.45, 7) is 1.40. The third-order valence-electron chi connectivity index (χ3n) is 5.83. The lowest BCUT2D eigenvalue weighted by atomic mass is 9.78. The monoisotopic (exact) mass is 414 g/mol. The molecular weight excluding hydrogens is 388 g/mol. The quantitative estimate of drug-likeness (QED) is 0.405. The van der Waals surface area contributed by atoms with Gasteiger partial charge in [0.2, 0.25) is 0 Å². The maximum absolute atomic E-state index is 13.0. The molecule has 1 aliphatic heterocycles. The van der Waals surface area contributed by atoms with Gasteiger partial charge in [0.1, 0.15) is 17.8 Å². The van der Waals surface area contributed by atoms with E-state index in [1.165, 1.54) is 6.92 Å². The molecule has 1 fully saturated rings. The molecule has 0 aliphatic carbocycles. The molecule has 4 heteroatoms. The highest BCUT2D eigenvalue weighted by Gasteiger charge is 2.46. The molecule has 0 amide bonds. The van der Waals surface area contributed by atoms with Gasteiger partial charge in [-0.15, -0.1) is 0 Å². The van der Waals surface area contributed by atoms with Crippen LogP contribution in [0.5, 0.6) is 0 Å². The number of ketones is 1. The van der Waals surface area contributed by atoms with Crippen LogP contribution in [0.3, 0.4) is 0 Å². The molecule has 0 radical (unpaired) electrons. The van der Waals surface area contributed by atoms with Gasteiger partial charge in [0.25, 0.3) is 0 Å². The number of hydrogen-bond donors (Lipinski definition) is 0. The van der Waals surface area contributed by atoms with Gasteiger partial charge in [0.15, 0.2) is 5.78 Å². The van der Waals surface area contributed by atoms with Gasteiger partial charge >= 0.3 is 5.97 Å². The van der Waals surface area contributed by atoms with Crippen LogP contribution >= 0.6 is 0 Å². The second-order valence-corrected chi connectivity index (χ2v) is 7.90. The number of carbonyl (C=O) groups is 2. The van der Waals surface area contributed by atoms with E-state index in [9.17, 15) is 9.59 Å². The maximum atomic E-state index is 13.0. The van der Waals surface area contributed by atoms with Crippen molar-refractivity contribution in [2.24, 2.45) is 0 Å². The van der Waals surface area contributed by atoms with E-state index < -0.39 is 17.8 Å². The number of Topliss-reactive ketones (excluding diaryl/α,β-unsaturated/α-hetero) is 1. The SMILES string of the molecule is CC(=O)O[C@H]1CCC(c2ccccc2)(c2ccccc2)O[C@H]1CC(=O)c1ccccc1. The van der Waals surface area contributed by atoms with Gasteiger partial charge in [-0.1, -0.05) is 91.0 Å². The summed E-state index contributed by atoms with van der Waals surface area (Å²) >= 11 is 0. The summed E-state index contributed by atoms with van der Waals surface area (Å²) in [6, 6.07) is 29.3. The first-order chi connectivity index (χ1) is 15.1. The number of benzene rings is 3. The van der Waals surface area contributed by atoms with Gasteiger partial charge in [-0.3, -0.25) is 9.59 Å². The van der Waals surface area contributed by atoms with Crippen LogP contribution in [-0.4, -0.2) is 24.0 Å². The fourth-order valence-electron chi connectivity index (χ4n) is 4.38. The van der Waals surface area contributed by atoms with Gasteiger partial charge in [0, 0.05) is 18.9 Å². The van der Waals surface area contributed by atoms with Gasteiger partial charge in [0.05, 0.1) is 0 Å². The zero-order chi connectivity index (χ0) is 21.7. The molecule has 0 aromatic heterocycles. The molecule has 2 atom stereocenters. The second kappa shape index (κ2) is 9.27. The van der Waals surface area contributed by atoms with E-state index >= 15 is 0 Å². The molecule has 0 unspecified atom stereocenters. The number of hydrogen-bond acceptors (Lipinski definition) is 4. The highest BCUT2D eigenvalue weighted by molar-refractivity contribution is 5.96. The van der Waals surface area contributed by atoms with Crippen molar-refractivity contribution in [2.45, 2.75) is 44.0 Å². The summed E-state index contributed by atoms with van der Waals surface area (Å²) < 4.78 is 12.3. The first-order valence-electron chi connectivity index (χ1n) is 10.6. The lowest BCUT2D eigenvalue weighted by Gasteiger charge is -2.45. The molecule has 0 bridgehead atoms. The van der Waals surface area contributed by atoms with E-state index in [4.69, 9.17) is 9.47 Å². The van der Waals surface area contributed by atoms with Crippen LogP contribution in [0.2, 0.25) is 0 Å². The molecule has 0 spiro atoms. The Hall–Kier alpha value is -3.24. The predicted molar refractivity (Wildman–Crippen MR) is 119 cm³/mol. The van der Waals surface area contributed by atoms with Crippen molar-refractivity contribution >= 4 is 11.8 Å². The lowest BCUT2D eigenvalue weighted by Crippen LogP contribution is -2.48. The lowest BCUT2D eigenvalue weighted by molar-refractivity contribution is -0.186. The third-order valence-corrected chi connectivity index (χ3v) is 5.83. The molecule has 3 aromatic carbocycles. The molecule has 31 heavy (non-hydrogen) atoms. The average Bonchev–Trinajstić information content (AvgIpc) is 2.81. The van der Waals surface area contributed by atoms with E-state index in [0.717, 1.165) is 11.1 Å². The number of carbonyl (C=O) groups excluding carboxylic acids is 2. The van der Waals surface area contributed by atoms with Crippen LogP contribution in [0.1, 0.15) is 47.7 Å². The number of esters is 1. The first-order valence-corrected chi connectivity index (χ1v) is 10.6. The summed E-state index contributed by atoms with van der Waals surface area (Å²) in [6.07, 6.45) is 0.380. The van der Waals surface area contributed by atoms with Crippen LogP contribution in [0.4, 0.5) is 0 Å². The second-order valence-electron chi connectivity index (χ2n) is 7.90. The Morgan fingerprint density at radius 2 is 1.39 bits per heavy atom. The Morgan fingerprint density at radius 3 is 1.90 bits per heavy atom. The van der Waals surface area contributed by atoms with Crippen LogP contribution < -0.4 is 0 Å². The van der Waals surface area contributed by atoms with Crippen molar-refractivity contribution < 1.29 is 19.1 Å². The first kappa shape index (κ1) is 21.0. The Kier molecular flexibility index (Phi) is 6.28. The van der Waals surface area contributed by atoms with Gasteiger partial charge in [-0.05, 0) is 24.0 Å². The van der Waals surface area contributed by atoms with Crippen molar-refractivity contribution in [1.29, 1.82) is 0 Å². The Bertz CT molecular complexity index is 975. The maximum Gasteiger partial charge on any atom is 0.302 e. The number of rotatable bonds is 6. The van der Waals surface area contributed by atoms with Crippen LogP contribution in [0, 0.1) is 0 Å². The van der Waals surface area contributed by atoms with Crippen molar-refractivity contribution in [1.82, 2.24) is 0 Å². The number of ether oxygens (including phenoxy) is 2. The predicted octanol–water partition coefficient (Wildman–Crippen LogP) is 5.31. The van der Waals surface area contributed by atoms with Crippen LogP contribution in [-0.2, 0) is 19.9 Å². The molecule has 158 valence electrons. The Morgan fingerprint density at radius 1 is 0.871 bits per heavy atom. The minimum atomic E-state index is -0.708. The summed E-state index contributed by atoms with van der Waals surface area (Å²) in [7, 11) is 0. The smallest absolute Gasteiger partial charge is 0.302 e. The van der Waals surface area contributed by atoms with Gasteiger partial charge < -0.3 is 9.47 Å². The van der Waals surface area contributed by atoms with Crippen LogP contribution in [0.25, 0.3) is 0 Å². The molecule has 0 saturated carbocycles. The molecule has 4 nitrogen and oxygen atoms in total. The van der Waals surface area contributed by atoms with Gasteiger partial charge in [-0.2, -0.15) is 0 Å². The van der Waals surface area contributed by atoms with E-state index in [0.29, 0.717) is 18.4 Å². The van der Waals surface area contributed by atoms with E-state index in [1.807, 2.05) is 54.6 Å². The summed E-state index contributed by atoms with van der Waals surface area (Å²) in [5, 5.41) is 0. The van der Waals surface area contributed by atoms with Gasteiger partial charge in [-0.25, -0.2) is 0 Å². The highest BCUT2D eigenvalue weighted by atomic mass is 16.6. The van der Waals surface area contributed by atoms with Crippen molar-refractivity contribution in [3.8, 4) is 0 Å². The molecule has 0 N–H and O–H groups in total. The Labute approximate surface area is 182 Å². The minimum absolute atomic E-state index is 0.0281. The molecule has 1 heterocycles. The van der Waals surface area contributed by atoms with Crippen molar-refractivity contribution in [3.05, 3.63) is 108 Å². The summed E-state index contributed by atoms with van der Waals surface area (Å²) in [5.41, 5.74) is 1.98. The average molecular weight is 415 g/mol. The minimum Gasteiger partial charge on any atom is -0.460 e. The molecular formula is C27H26O4. The molecule has 1 aliphatic rings. The standard InChI is InChI=1S/C27H26O4/c1-20(28)30-25-17-18-27(22-13-7-3-8-14-22,23-15-9-4-10-16-23)31-26(25)19-24(29)21-11-5-2-6-12-21/h2-16,25-26H,17-19H2,1H3/t25-,26-/m0/s1. The Balaban J connectivity index is 1.71. The summed E-state index contributed by atoms with van der Waals surface area (Å²) in [4.78, 5) is 24.8. The molecule has 4 rings (SSSR count). The van der Waals surface area contributed by atoms with Crippen molar-refractivity contribution in [2.75, 3.05) is 0 Å². The van der Waals surface area contributed by atoms with E-state index in [-0.39, 0.29) is 18.2 Å². The topological polar surface area (TPSA) is 52.6 Å². The third kappa shape index (κ3) is 4.59. The molecule has 1 saturated heterocycles. The zero-order valence-corrected chi connectivity index (χ0v) is 17.6. The van der Waals surface area contributed by atoms with Crippen molar-refractivity contribution in [3.63, 3.8) is 0 Å².